The van der Waals surface area contributed by atoms with Gasteiger partial charge in [-0.05, 0) is 25.0 Å². The standard InChI is InChI=1S/C18H21ClF3N3S2/c1-10(2)26-14-6-7-24-13(17(14)19)5-4-11(3)27-15-8-16(23)25-9-12(15)18(20,21)22/h6-11H,4-5H2,1-3H3,(H2,23,25). The fourth-order valence-corrected chi connectivity index (χ4v) is 4.73. The number of pyridine rings is 2. The minimum atomic E-state index is -4.46. The van der Waals surface area contributed by atoms with Crippen molar-refractivity contribution in [2.45, 2.75) is 60.1 Å². The summed E-state index contributed by atoms with van der Waals surface area (Å²) in [5.74, 6) is 0.0702. The Morgan fingerprint density at radius 2 is 1.85 bits per heavy atom. The molecule has 0 spiro atoms. The van der Waals surface area contributed by atoms with E-state index in [0.29, 0.717) is 23.1 Å². The van der Waals surface area contributed by atoms with Gasteiger partial charge in [0.05, 0.1) is 16.3 Å². The van der Waals surface area contributed by atoms with E-state index in [1.807, 2.05) is 13.0 Å². The van der Waals surface area contributed by atoms with E-state index in [2.05, 4.69) is 23.8 Å². The molecular weight excluding hydrogens is 415 g/mol. The van der Waals surface area contributed by atoms with Crippen LogP contribution >= 0.6 is 35.1 Å². The second kappa shape index (κ2) is 9.39. The van der Waals surface area contributed by atoms with Gasteiger partial charge in [-0.25, -0.2) is 4.98 Å². The van der Waals surface area contributed by atoms with Crippen molar-refractivity contribution in [3.63, 3.8) is 0 Å². The number of anilines is 1. The predicted octanol–water partition coefficient (Wildman–Crippen LogP) is 6.34. The van der Waals surface area contributed by atoms with Crippen LogP contribution in [0.1, 0.15) is 38.4 Å². The highest BCUT2D eigenvalue weighted by Crippen LogP contribution is 2.39. The third kappa shape index (κ3) is 6.47. The van der Waals surface area contributed by atoms with Gasteiger partial charge in [0.2, 0.25) is 0 Å². The van der Waals surface area contributed by atoms with Gasteiger partial charge < -0.3 is 5.73 Å². The fraction of sp³-hybridized carbons (Fsp3) is 0.444. The molecule has 0 bridgehead atoms. The number of rotatable bonds is 7. The molecule has 0 saturated heterocycles. The number of nitrogens with zero attached hydrogens (tertiary/aromatic N) is 2. The first-order valence-corrected chi connectivity index (χ1v) is 10.5. The van der Waals surface area contributed by atoms with Crippen molar-refractivity contribution in [1.29, 1.82) is 0 Å². The lowest BCUT2D eigenvalue weighted by Gasteiger charge is -2.17. The van der Waals surface area contributed by atoms with Crippen LogP contribution in [-0.2, 0) is 12.6 Å². The molecule has 2 rings (SSSR count). The summed E-state index contributed by atoms with van der Waals surface area (Å²) in [6.45, 7) is 6.04. The highest BCUT2D eigenvalue weighted by Gasteiger charge is 2.34. The minimum Gasteiger partial charge on any atom is -0.384 e. The predicted molar refractivity (Wildman–Crippen MR) is 108 cm³/mol. The Bertz CT molecular complexity index is 785. The summed E-state index contributed by atoms with van der Waals surface area (Å²) in [5.41, 5.74) is 5.57. The van der Waals surface area contributed by atoms with E-state index in [4.69, 9.17) is 17.3 Å². The number of halogens is 4. The SMILES string of the molecule is CC(C)Sc1ccnc(CCC(C)Sc2cc(N)ncc2C(F)(F)F)c1Cl. The number of nitrogens with two attached hydrogens (primary N) is 1. The Labute approximate surface area is 170 Å². The lowest BCUT2D eigenvalue weighted by Crippen LogP contribution is -2.10. The Morgan fingerprint density at radius 1 is 1.15 bits per heavy atom. The van der Waals surface area contributed by atoms with Crippen molar-refractivity contribution in [2.75, 3.05) is 5.73 Å². The molecule has 2 N–H and O–H groups in total. The number of thioether (sulfide) groups is 2. The molecule has 27 heavy (non-hydrogen) atoms. The highest BCUT2D eigenvalue weighted by atomic mass is 35.5. The quantitative estimate of drug-likeness (QED) is 0.514. The molecule has 148 valence electrons. The molecule has 2 aromatic rings. The zero-order valence-corrected chi connectivity index (χ0v) is 17.6. The minimum absolute atomic E-state index is 0.0702. The van der Waals surface area contributed by atoms with Crippen LogP contribution in [0.15, 0.2) is 34.3 Å². The largest absolute Gasteiger partial charge is 0.418 e. The smallest absolute Gasteiger partial charge is 0.384 e. The molecule has 0 aliphatic carbocycles. The van der Waals surface area contributed by atoms with Crippen molar-refractivity contribution < 1.29 is 13.2 Å². The first-order chi connectivity index (χ1) is 12.6. The van der Waals surface area contributed by atoms with Gasteiger partial charge in [0.1, 0.15) is 5.82 Å². The Kier molecular flexibility index (Phi) is 7.71. The molecule has 0 aromatic carbocycles. The molecule has 0 amide bonds. The van der Waals surface area contributed by atoms with Crippen LogP contribution in [0.2, 0.25) is 5.02 Å². The Hall–Kier alpha value is -1.12. The van der Waals surface area contributed by atoms with Crippen LogP contribution in [0.25, 0.3) is 0 Å². The zero-order valence-electron chi connectivity index (χ0n) is 15.2. The molecule has 1 unspecified atom stereocenters. The molecule has 0 fully saturated rings. The molecular formula is C18H21ClF3N3S2. The van der Waals surface area contributed by atoms with Gasteiger partial charge in [-0.15, -0.1) is 23.5 Å². The summed E-state index contributed by atoms with van der Waals surface area (Å²) in [5, 5.41) is 0.940. The summed E-state index contributed by atoms with van der Waals surface area (Å²) < 4.78 is 39.5. The average molecular weight is 436 g/mol. The monoisotopic (exact) mass is 435 g/mol. The van der Waals surface area contributed by atoms with E-state index in [9.17, 15) is 13.2 Å². The van der Waals surface area contributed by atoms with Crippen molar-refractivity contribution in [3.05, 3.63) is 40.8 Å². The topological polar surface area (TPSA) is 51.8 Å². The Balaban J connectivity index is 2.08. The summed E-state index contributed by atoms with van der Waals surface area (Å²) in [6, 6.07) is 3.15. The molecule has 2 aromatic heterocycles. The van der Waals surface area contributed by atoms with Crippen molar-refractivity contribution in [2.24, 2.45) is 0 Å². The molecule has 9 heteroatoms. The van der Waals surface area contributed by atoms with Crippen molar-refractivity contribution in [3.8, 4) is 0 Å². The average Bonchev–Trinajstić information content (AvgIpc) is 2.54. The molecule has 1 atom stereocenters. The fourth-order valence-electron chi connectivity index (χ4n) is 2.36. The second-order valence-electron chi connectivity index (χ2n) is 6.31. The van der Waals surface area contributed by atoms with E-state index in [1.165, 1.54) is 6.07 Å². The van der Waals surface area contributed by atoms with Gasteiger partial charge in [-0.2, -0.15) is 13.2 Å². The summed E-state index contributed by atoms with van der Waals surface area (Å²) >= 11 is 9.23. The van der Waals surface area contributed by atoms with E-state index < -0.39 is 11.7 Å². The molecule has 3 nitrogen and oxygen atoms in total. The molecule has 0 radical (unpaired) electrons. The van der Waals surface area contributed by atoms with Crippen LogP contribution in [0.5, 0.6) is 0 Å². The van der Waals surface area contributed by atoms with Crippen LogP contribution in [0, 0.1) is 0 Å². The van der Waals surface area contributed by atoms with Gasteiger partial charge in [0, 0.05) is 32.7 Å². The maximum atomic E-state index is 13.2. The van der Waals surface area contributed by atoms with Crippen LogP contribution in [0.4, 0.5) is 19.0 Å². The first-order valence-electron chi connectivity index (χ1n) is 8.37. The zero-order chi connectivity index (χ0) is 20.2. The number of hydrogen-bond donors (Lipinski definition) is 1. The van der Waals surface area contributed by atoms with Crippen molar-refractivity contribution in [1.82, 2.24) is 9.97 Å². The molecule has 0 aliphatic rings. The summed E-state index contributed by atoms with van der Waals surface area (Å²) in [6.07, 6.45) is -0.741. The number of aromatic nitrogens is 2. The molecule has 0 aliphatic heterocycles. The third-order valence-corrected chi connectivity index (χ3v) is 6.43. The molecule has 0 saturated carbocycles. The number of nitrogen functional groups attached to an aromatic ring is 1. The molecule has 2 heterocycles. The van der Waals surface area contributed by atoms with E-state index in [-0.39, 0.29) is 16.0 Å². The lowest BCUT2D eigenvalue weighted by molar-refractivity contribution is -0.140. The van der Waals surface area contributed by atoms with Crippen LogP contribution < -0.4 is 5.73 Å². The van der Waals surface area contributed by atoms with Crippen LogP contribution in [0.3, 0.4) is 0 Å². The first kappa shape index (κ1) is 22.2. The van der Waals surface area contributed by atoms with Gasteiger partial charge in [0.15, 0.2) is 0 Å². The van der Waals surface area contributed by atoms with E-state index in [1.54, 1.807) is 18.0 Å². The third-order valence-electron chi connectivity index (χ3n) is 3.60. The highest BCUT2D eigenvalue weighted by molar-refractivity contribution is 8.00. The lowest BCUT2D eigenvalue weighted by atomic mass is 10.2. The maximum absolute atomic E-state index is 13.2. The van der Waals surface area contributed by atoms with Crippen LogP contribution in [-0.4, -0.2) is 20.5 Å². The van der Waals surface area contributed by atoms with Gasteiger partial charge in [-0.1, -0.05) is 32.4 Å². The van der Waals surface area contributed by atoms with Crippen molar-refractivity contribution >= 4 is 40.9 Å². The van der Waals surface area contributed by atoms with Gasteiger partial charge >= 0.3 is 6.18 Å². The van der Waals surface area contributed by atoms with Gasteiger partial charge in [0.25, 0.3) is 0 Å². The number of hydrogen-bond acceptors (Lipinski definition) is 5. The number of aryl methyl sites for hydroxylation is 1. The van der Waals surface area contributed by atoms with E-state index in [0.717, 1.165) is 28.5 Å². The normalized spacial score (nSPS) is 13.2. The maximum Gasteiger partial charge on any atom is 0.418 e. The Morgan fingerprint density at radius 3 is 2.48 bits per heavy atom. The second-order valence-corrected chi connectivity index (χ2v) is 9.78. The summed E-state index contributed by atoms with van der Waals surface area (Å²) in [7, 11) is 0. The summed E-state index contributed by atoms with van der Waals surface area (Å²) in [4.78, 5) is 8.96. The number of alkyl halides is 3. The van der Waals surface area contributed by atoms with Gasteiger partial charge in [-0.3, -0.25) is 4.98 Å². The van der Waals surface area contributed by atoms with E-state index >= 15 is 0 Å².